The Labute approximate surface area is 146 Å². The smallest absolute Gasteiger partial charge is 0.123 e. The molecule has 0 aliphatic rings. The van der Waals surface area contributed by atoms with Gasteiger partial charge in [0, 0.05) is 38.6 Å². The Morgan fingerprint density at radius 2 is 1.56 bits per heavy atom. The van der Waals surface area contributed by atoms with Crippen molar-refractivity contribution in [2.75, 3.05) is 6.54 Å². The van der Waals surface area contributed by atoms with Gasteiger partial charge in [-0.3, -0.25) is 4.90 Å². The van der Waals surface area contributed by atoms with E-state index in [1.165, 1.54) is 12.1 Å². The van der Waals surface area contributed by atoms with Crippen LogP contribution in [0, 0.1) is 11.6 Å². The minimum Gasteiger partial charge on any atom is -0.337 e. The summed E-state index contributed by atoms with van der Waals surface area (Å²) >= 11 is 0. The molecule has 25 heavy (non-hydrogen) atoms. The Hall–Kier alpha value is -2.53. The summed E-state index contributed by atoms with van der Waals surface area (Å²) < 4.78 is 28.9. The summed E-state index contributed by atoms with van der Waals surface area (Å²) in [5.41, 5.74) is 1.83. The van der Waals surface area contributed by atoms with E-state index in [0.717, 1.165) is 30.6 Å². The van der Waals surface area contributed by atoms with Gasteiger partial charge in [-0.2, -0.15) is 0 Å². The summed E-state index contributed by atoms with van der Waals surface area (Å²) in [6, 6.07) is 13.3. The molecule has 0 fully saturated rings. The summed E-state index contributed by atoms with van der Waals surface area (Å²) in [7, 11) is 0. The third kappa shape index (κ3) is 5.50. The quantitative estimate of drug-likeness (QED) is 0.611. The largest absolute Gasteiger partial charge is 0.337 e. The van der Waals surface area contributed by atoms with Crippen LogP contribution in [0.15, 0.2) is 67.3 Å². The van der Waals surface area contributed by atoms with E-state index in [1.807, 2.05) is 22.9 Å². The van der Waals surface area contributed by atoms with Gasteiger partial charge in [0.2, 0.25) is 0 Å². The molecule has 1 aromatic heterocycles. The van der Waals surface area contributed by atoms with Crippen LogP contribution in [0.2, 0.25) is 0 Å². The maximum atomic E-state index is 13.5. The van der Waals surface area contributed by atoms with E-state index in [1.54, 1.807) is 36.8 Å². The highest BCUT2D eigenvalue weighted by molar-refractivity contribution is 5.18. The lowest BCUT2D eigenvalue weighted by Crippen LogP contribution is -2.25. The van der Waals surface area contributed by atoms with E-state index in [9.17, 15) is 8.78 Å². The standard InChI is InChI=1S/C20H21F2N3/c21-19-6-1-4-17(12-19)14-25(10-3-9-24-11-8-23-16-24)15-18-5-2-7-20(22)13-18/h1-2,4-8,11-13,16H,3,9-10,14-15H2. The van der Waals surface area contributed by atoms with Gasteiger partial charge >= 0.3 is 0 Å². The number of imidazole rings is 1. The fraction of sp³-hybridized carbons (Fsp3) is 0.250. The normalized spacial score (nSPS) is 11.2. The lowest BCUT2D eigenvalue weighted by molar-refractivity contribution is 0.248. The van der Waals surface area contributed by atoms with Crippen LogP contribution in [0.3, 0.4) is 0 Å². The van der Waals surface area contributed by atoms with Gasteiger partial charge in [-0.15, -0.1) is 0 Å². The molecule has 0 radical (unpaired) electrons. The molecule has 3 nitrogen and oxygen atoms in total. The number of hydrogen-bond donors (Lipinski definition) is 0. The molecule has 0 atom stereocenters. The van der Waals surface area contributed by atoms with E-state index < -0.39 is 0 Å². The van der Waals surface area contributed by atoms with Crippen LogP contribution in [-0.2, 0) is 19.6 Å². The highest BCUT2D eigenvalue weighted by Gasteiger charge is 2.09. The molecule has 0 aliphatic carbocycles. The molecule has 0 saturated carbocycles. The van der Waals surface area contributed by atoms with Gasteiger partial charge < -0.3 is 4.57 Å². The van der Waals surface area contributed by atoms with Crippen molar-refractivity contribution in [3.63, 3.8) is 0 Å². The molecule has 0 aliphatic heterocycles. The molecular weight excluding hydrogens is 320 g/mol. The van der Waals surface area contributed by atoms with Gasteiger partial charge in [0.1, 0.15) is 11.6 Å². The van der Waals surface area contributed by atoms with Crippen LogP contribution >= 0.6 is 0 Å². The molecule has 130 valence electrons. The number of aromatic nitrogens is 2. The van der Waals surface area contributed by atoms with Crippen LogP contribution in [-0.4, -0.2) is 21.0 Å². The SMILES string of the molecule is Fc1cccc(CN(CCCn2ccnc2)Cc2cccc(F)c2)c1. The first-order chi connectivity index (χ1) is 12.2. The van der Waals surface area contributed by atoms with Gasteiger partial charge in [-0.05, 0) is 41.8 Å². The van der Waals surface area contributed by atoms with Gasteiger partial charge in [0.25, 0.3) is 0 Å². The van der Waals surface area contributed by atoms with Gasteiger partial charge in [-0.1, -0.05) is 24.3 Å². The molecule has 0 bridgehead atoms. The van der Waals surface area contributed by atoms with Crippen molar-refractivity contribution >= 4 is 0 Å². The number of nitrogens with zero attached hydrogens (tertiary/aromatic N) is 3. The molecule has 3 aromatic rings. The van der Waals surface area contributed by atoms with Crippen molar-refractivity contribution in [1.29, 1.82) is 0 Å². The molecule has 3 rings (SSSR count). The number of rotatable bonds is 8. The third-order valence-electron chi connectivity index (χ3n) is 4.04. The first-order valence-corrected chi connectivity index (χ1v) is 8.36. The number of aryl methyl sites for hydroxylation is 1. The monoisotopic (exact) mass is 341 g/mol. The second kappa shape index (κ2) is 8.53. The van der Waals surface area contributed by atoms with Crippen molar-refractivity contribution in [3.8, 4) is 0 Å². The van der Waals surface area contributed by atoms with Crippen molar-refractivity contribution in [2.24, 2.45) is 0 Å². The summed E-state index contributed by atoms with van der Waals surface area (Å²) in [6.45, 7) is 2.93. The summed E-state index contributed by atoms with van der Waals surface area (Å²) in [5.74, 6) is -0.469. The summed E-state index contributed by atoms with van der Waals surface area (Å²) in [4.78, 5) is 6.25. The minimum atomic E-state index is -0.235. The summed E-state index contributed by atoms with van der Waals surface area (Å²) in [5, 5.41) is 0. The molecule has 0 unspecified atom stereocenters. The van der Waals surface area contributed by atoms with Gasteiger partial charge in [0.05, 0.1) is 6.33 Å². The zero-order valence-corrected chi connectivity index (χ0v) is 14.0. The fourth-order valence-corrected chi connectivity index (χ4v) is 2.90. The highest BCUT2D eigenvalue weighted by atomic mass is 19.1. The summed E-state index contributed by atoms with van der Waals surface area (Å²) in [6.07, 6.45) is 6.42. The van der Waals surface area contributed by atoms with Gasteiger partial charge in [0.15, 0.2) is 0 Å². The molecule has 0 N–H and O–H groups in total. The van der Waals surface area contributed by atoms with Crippen molar-refractivity contribution < 1.29 is 8.78 Å². The van der Waals surface area contributed by atoms with E-state index in [2.05, 4.69) is 9.88 Å². The Balaban J connectivity index is 1.65. The lowest BCUT2D eigenvalue weighted by Gasteiger charge is -2.23. The molecule has 1 heterocycles. The maximum absolute atomic E-state index is 13.5. The van der Waals surface area contributed by atoms with Crippen LogP contribution in [0.5, 0.6) is 0 Å². The Morgan fingerprint density at radius 1 is 0.920 bits per heavy atom. The van der Waals surface area contributed by atoms with Crippen LogP contribution < -0.4 is 0 Å². The average molecular weight is 341 g/mol. The lowest BCUT2D eigenvalue weighted by atomic mass is 10.1. The first kappa shape index (κ1) is 17.3. The molecule has 2 aromatic carbocycles. The molecule has 5 heteroatoms. The number of halogens is 2. The van der Waals surface area contributed by atoms with Crippen LogP contribution in [0.25, 0.3) is 0 Å². The average Bonchev–Trinajstić information content (AvgIpc) is 3.08. The Bertz CT molecular complexity index is 740. The van der Waals surface area contributed by atoms with Crippen molar-refractivity contribution in [2.45, 2.75) is 26.1 Å². The molecule has 0 saturated heterocycles. The fourth-order valence-electron chi connectivity index (χ4n) is 2.90. The van der Waals surface area contributed by atoms with Crippen LogP contribution in [0.4, 0.5) is 8.78 Å². The van der Waals surface area contributed by atoms with Crippen molar-refractivity contribution in [3.05, 3.63) is 90.0 Å². The zero-order chi connectivity index (χ0) is 17.5. The highest BCUT2D eigenvalue weighted by Crippen LogP contribution is 2.13. The van der Waals surface area contributed by atoms with E-state index in [-0.39, 0.29) is 11.6 Å². The predicted octanol–water partition coefficient (Wildman–Crippen LogP) is 4.25. The molecule has 0 spiro atoms. The number of benzene rings is 2. The Kier molecular flexibility index (Phi) is 5.90. The van der Waals surface area contributed by atoms with E-state index in [0.29, 0.717) is 13.1 Å². The zero-order valence-electron chi connectivity index (χ0n) is 14.0. The topological polar surface area (TPSA) is 21.1 Å². The van der Waals surface area contributed by atoms with E-state index in [4.69, 9.17) is 0 Å². The van der Waals surface area contributed by atoms with Crippen LogP contribution in [0.1, 0.15) is 17.5 Å². The Morgan fingerprint density at radius 3 is 2.08 bits per heavy atom. The second-order valence-corrected chi connectivity index (χ2v) is 6.12. The second-order valence-electron chi connectivity index (χ2n) is 6.12. The molecular formula is C20H21F2N3. The first-order valence-electron chi connectivity index (χ1n) is 8.36. The van der Waals surface area contributed by atoms with Crippen molar-refractivity contribution in [1.82, 2.24) is 14.5 Å². The third-order valence-corrected chi connectivity index (χ3v) is 4.04. The number of hydrogen-bond acceptors (Lipinski definition) is 2. The minimum absolute atomic E-state index is 0.235. The van der Waals surface area contributed by atoms with E-state index >= 15 is 0 Å². The van der Waals surface area contributed by atoms with Gasteiger partial charge in [-0.25, -0.2) is 13.8 Å². The molecule has 0 amide bonds. The maximum Gasteiger partial charge on any atom is 0.123 e. The predicted molar refractivity (Wildman–Crippen MR) is 93.8 cm³/mol.